The van der Waals surface area contributed by atoms with Gasteiger partial charge in [0.2, 0.25) is 0 Å². The van der Waals surface area contributed by atoms with Crippen molar-refractivity contribution < 1.29 is 19.0 Å². The maximum Gasteiger partial charge on any atom is 0.163 e. The predicted molar refractivity (Wildman–Crippen MR) is 36.0 cm³/mol. The second-order valence-electron chi connectivity index (χ2n) is 2.21. The Labute approximate surface area is 68.1 Å². The molecule has 0 atom stereocenters. The SMILES string of the molecule is [B]C(O)(O)c1ncc(F)cc1F. The van der Waals surface area contributed by atoms with Crippen molar-refractivity contribution in [2.75, 3.05) is 0 Å². The molecule has 1 rings (SSSR count). The minimum Gasteiger partial charge on any atom is -0.369 e. The molecule has 0 fully saturated rings. The van der Waals surface area contributed by atoms with E-state index in [1.807, 2.05) is 0 Å². The molecular weight excluding hydrogens is 167 g/mol. The maximum absolute atomic E-state index is 12.6. The lowest BCUT2D eigenvalue weighted by molar-refractivity contribution is -0.0968. The Balaban J connectivity index is 3.19. The minimum atomic E-state index is -2.88. The van der Waals surface area contributed by atoms with Crippen LogP contribution in [0.2, 0.25) is 0 Å². The van der Waals surface area contributed by atoms with Crippen molar-refractivity contribution in [3.63, 3.8) is 0 Å². The normalized spacial score (nSPS) is 11.7. The molecule has 0 aliphatic carbocycles. The molecule has 0 aromatic carbocycles. The molecule has 62 valence electrons. The van der Waals surface area contributed by atoms with Crippen LogP contribution in [0.15, 0.2) is 12.3 Å². The van der Waals surface area contributed by atoms with E-state index in [4.69, 9.17) is 18.1 Å². The van der Waals surface area contributed by atoms with Gasteiger partial charge >= 0.3 is 0 Å². The molecule has 0 amide bonds. The van der Waals surface area contributed by atoms with Crippen LogP contribution >= 0.6 is 0 Å². The second kappa shape index (κ2) is 2.80. The Morgan fingerprint density at radius 3 is 2.42 bits per heavy atom. The van der Waals surface area contributed by atoms with Gasteiger partial charge in [0.15, 0.2) is 19.3 Å². The molecule has 0 spiro atoms. The molecule has 1 aromatic heterocycles. The van der Waals surface area contributed by atoms with E-state index in [9.17, 15) is 8.78 Å². The monoisotopic (exact) mass is 171 g/mol. The van der Waals surface area contributed by atoms with Crippen molar-refractivity contribution in [1.29, 1.82) is 0 Å². The Bertz CT molecular complexity index is 300. The highest BCUT2D eigenvalue weighted by Crippen LogP contribution is 2.15. The Morgan fingerprint density at radius 1 is 1.42 bits per heavy atom. The number of nitrogens with zero attached hydrogens (tertiary/aromatic N) is 1. The quantitative estimate of drug-likeness (QED) is 0.447. The van der Waals surface area contributed by atoms with Crippen LogP contribution in [-0.2, 0) is 5.69 Å². The molecule has 2 radical (unpaired) electrons. The van der Waals surface area contributed by atoms with Crippen LogP contribution < -0.4 is 0 Å². The summed E-state index contributed by atoms with van der Waals surface area (Å²) in [5, 5.41) is 17.3. The van der Waals surface area contributed by atoms with Gasteiger partial charge in [-0.3, -0.25) is 4.98 Å². The van der Waals surface area contributed by atoms with Gasteiger partial charge in [-0.2, -0.15) is 0 Å². The lowest BCUT2D eigenvalue weighted by atomic mass is 9.91. The topological polar surface area (TPSA) is 53.4 Å². The third-order valence-electron chi connectivity index (χ3n) is 1.16. The smallest absolute Gasteiger partial charge is 0.163 e. The van der Waals surface area contributed by atoms with Gasteiger partial charge in [0.25, 0.3) is 0 Å². The lowest BCUT2D eigenvalue weighted by Crippen LogP contribution is -2.27. The van der Waals surface area contributed by atoms with Crippen LogP contribution in [0.1, 0.15) is 5.69 Å². The number of aromatic nitrogens is 1. The predicted octanol–water partition coefficient (Wildman–Crippen LogP) is -0.377. The van der Waals surface area contributed by atoms with Crippen molar-refractivity contribution >= 4 is 7.85 Å². The van der Waals surface area contributed by atoms with E-state index in [0.717, 1.165) is 0 Å². The van der Waals surface area contributed by atoms with Crippen LogP contribution in [-0.4, -0.2) is 23.0 Å². The van der Waals surface area contributed by atoms with E-state index < -0.39 is 23.0 Å². The Morgan fingerprint density at radius 2 is 2.00 bits per heavy atom. The fourth-order valence-corrected chi connectivity index (χ4v) is 0.685. The number of hydrogen-bond acceptors (Lipinski definition) is 3. The number of hydrogen-bond donors (Lipinski definition) is 2. The van der Waals surface area contributed by atoms with E-state index in [2.05, 4.69) is 4.98 Å². The molecule has 0 bridgehead atoms. The molecule has 6 heteroatoms. The summed E-state index contributed by atoms with van der Waals surface area (Å²) in [4.78, 5) is 3.07. The molecule has 3 nitrogen and oxygen atoms in total. The van der Waals surface area contributed by atoms with Crippen LogP contribution in [0.4, 0.5) is 8.78 Å². The maximum atomic E-state index is 12.6. The zero-order valence-corrected chi connectivity index (χ0v) is 5.83. The molecule has 1 aromatic rings. The lowest BCUT2D eigenvalue weighted by Gasteiger charge is -2.15. The van der Waals surface area contributed by atoms with Gasteiger partial charge in [0, 0.05) is 6.07 Å². The summed E-state index contributed by atoms with van der Waals surface area (Å²) in [5.41, 5.74) is -3.69. The molecule has 0 unspecified atom stereocenters. The highest BCUT2D eigenvalue weighted by molar-refractivity contribution is 6.12. The van der Waals surface area contributed by atoms with Gasteiger partial charge in [-0.05, 0) is 0 Å². The van der Waals surface area contributed by atoms with Crippen molar-refractivity contribution in [3.05, 3.63) is 29.6 Å². The van der Waals surface area contributed by atoms with E-state index >= 15 is 0 Å². The van der Waals surface area contributed by atoms with Crippen LogP contribution in [0, 0.1) is 11.6 Å². The first-order valence-corrected chi connectivity index (χ1v) is 2.96. The summed E-state index contributed by atoms with van der Waals surface area (Å²) in [5.74, 6) is -2.12. The average molecular weight is 171 g/mol. The summed E-state index contributed by atoms with van der Waals surface area (Å²) < 4.78 is 24.9. The van der Waals surface area contributed by atoms with E-state index in [-0.39, 0.29) is 0 Å². The molecular formula is C6H4BF2NO2. The van der Waals surface area contributed by atoms with Crippen LogP contribution in [0.25, 0.3) is 0 Å². The second-order valence-corrected chi connectivity index (χ2v) is 2.21. The summed E-state index contributed by atoms with van der Waals surface area (Å²) in [7, 11) is 4.69. The first kappa shape index (κ1) is 9.09. The summed E-state index contributed by atoms with van der Waals surface area (Å²) in [6.07, 6.45) is 0.631. The molecule has 12 heavy (non-hydrogen) atoms. The fraction of sp³-hybridized carbons (Fsp3) is 0.167. The third-order valence-corrected chi connectivity index (χ3v) is 1.16. The van der Waals surface area contributed by atoms with Gasteiger partial charge in [-0.25, -0.2) is 8.78 Å². The van der Waals surface area contributed by atoms with Crippen molar-refractivity contribution in [1.82, 2.24) is 4.98 Å². The minimum absolute atomic E-state index is 0.455. The van der Waals surface area contributed by atoms with Crippen molar-refractivity contribution in [2.24, 2.45) is 0 Å². The van der Waals surface area contributed by atoms with Crippen molar-refractivity contribution in [3.8, 4) is 0 Å². The van der Waals surface area contributed by atoms with E-state index in [1.54, 1.807) is 0 Å². The summed E-state index contributed by atoms with van der Waals surface area (Å²) in [6, 6.07) is 0.455. The number of rotatable bonds is 1. The molecule has 0 aliphatic rings. The number of halogens is 2. The van der Waals surface area contributed by atoms with Gasteiger partial charge in [0.1, 0.15) is 11.5 Å². The van der Waals surface area contributed by atoms with Gasteiger partial charge in [-0.15, -0.1) is 0 Å². The molecule has 0 saturated carbocycles. The van der Waals surface area contributed by atoms with Crippen LogP contribution in [0.5, 0.6) is 0 Å². The molecule has 0 aliphatic heterocycles. The van der Waals surface area contributed by atoms with Crippen molar-refractivity contribution in [2.45, 2.75) is 5.69 Å². The Kier molecular flexibility index (Phi) is 2.12. The highest BCUT2D eigenvalue weighted by Gasteiger charge is 2.24. The molecule has 1 heterocycles. The first-order chi connectivity index (χ1) is 5.41. The fourth-order valence-electron chi connectivity index (χ4n) is 0.685. The van der Waals surface area contributed by atoms with Gasteiger partial charge in [-0.1, -0.05) is 0 Å². The summed E-state index contributed by atoms with van der Waals surface area (Å²) >= 11 is 0. The molecule has 0 saturated heterocycles. The first-order valence-electron chi connectivity index (χ1n) is 2.96. The van der Waals surface area contributed by atoms with Gasteiger partial charge < -0.3 is 10.2 Å². The highest BCUT2D eigenvalue weighted by atomic mass is 19.1. The standard InChI is InChI=1S/C6H4BF2NO2/c7-6(11,12)5-4(9)1-3(8)2-10-5/h1-2,11-12H. The van der Waals surface area contributed by atoms with Crippen LogP contribution in [0.3, 0.4) is 0 Å². The molecule has 2 N–H and O–H groups in total. The third kappa shape index (κ3) is 1.78. The average Bonchev–Trinajstić information content (AvgIpc) is 1.83. The van der Waals surface area contributed by atoms with E-state index in [1.165, 1.54) is 0 Å². The zero-order valence-electron chi connectivity index (χ0n) is 5.83. The van der Waals surface area contributed by atoms with E-state index in [0.29, 0.717) is 12.3 Å². The summed E-state index contributed by atoms with van der Waals surface area (Å²) in [6.45, 7) is 0. The van der Waals surface area contributed by atoms with Gasteiger partial charge in [0.05, 0.1) is 6.20 Å². The number of pyridine rings is 1. The number of aliphatic hydroxyl groups is 2. The largest absolute Gasteiger partial charge is 0.369 e. The Hall–Kier alpha value is -1.01. The zero-order chi connectivity index (χ0) is 9.35.